The Labute approximate surface area is 580 Å². The van der Waals surface area contributed by atoms with Crippen molar-refractivity contribution in [3.8, 4) is 11.5 Å². The maximum absolute atomic E-state index is 15.4. The highest BCUT2D eigenvalue weighted by atomic mass is 32.2. The average molecular weight is 1370 g/mol. The van der Waals surface area contributed by atoms with Crippen molar-refractivity contribution in [3.05, 3.63) is 315 Å². The summed E-state index contributed by atoms with van der Waals surface area (Å²) in [6.45, 7) is 4.09. The Balaban J connectivity index is 0.830. The van der Waals surface area contributed by atoms with E-state index in [4.69, 9.17) is 23.9 Å². The number of hydrogen-bond acceptors (Lipinski definition) is 19. The Morgan fingerprint density at radius 1 is 0.606 bits per heavy atom. The van der Waals surface area contributed by atoms with Crippen molar-refractivity contribution in [3.63, 3.8) is 0 Å². The molecule has 20 nitrogen and oxygen atoms in total. The molecular formula is C76H61N9O11S3. The first kappa shape index (κ1) is 66.1. The molecule has 3 aromatic heterocycles. The number of esters is 4. The van der Waals surface area contributed by atoms with Gasteiger partial charge in [-0.2, -0.15) is 9.50 Å². The Morgan fingerprint density at radius 2 is 1.10 bits per heavy atom. The lowest BCUT2D eigenvalue weighted by Gasteiger charge is -2.50. The number of anilines is 1. The molecule has 3 N–H and O–H groups in total. The summed E-state index contributed by atoms with van der Waals surface area (Å²) < 4.78 is 24.8. The van der Waals surface area contributed by atoms with Gasteiger partial charge in [0.15, 0.2) is 34.9 Å². The van der Waals surface area contributed by atoms with Gasteiger partial charge in [0.2, 0.25) is 5.91 Å². The summed E-state index contributed by atoms with van der Waals surface area (Å²) in [5.74, 6) is -5.55. The van der Waals surface area contributed by atoms with Gasteiger partial charge in [0.25, 0.3) is 23.4 Å². The SMILES string of the molecule is CC(=O)Oc1ccc(C(=O)NC(C(=O)NC2C(=O)N3C(C(=O)OC(c4ccccc4)c4ccccc4)=C(CSc4cc(C)nc5nc(C(=O)OC(c6ccccc6)c6ccccc6)nn45)CSC23)c2csc(NC(c3ccccc3)(c3ccccc3)c3ccccc3)n2)cc1OC(C)=O. The molecule has 23 heteroatoms. The number of carbonyl (C=O) groups is 7. The van der Waals surface area contributed by atoms with Gasteiger partial charge in [0.05, 0.1) is 5.69 Å². The van der Waals surface area contributed by atoms with Gasteiger partial charge in [-0.1, -0.05) is 212 Å². The molecule has 0 saturated carbocycles. The highest BCUT2D eigenvalue weighted by Crippen LogP contribution is 2.45. The van der Waals surface area contributed by atoms with Crippen molar-refractivity contribution in [2.45, 2.75) is 61.0 Å². The molecule has 1 fully saturated rings. The summed E-state index contributed by atoms with van der Waals surface area (Å²) in [7, 11) is 0. The lowest BCUT2D eigenvalue weighted by atomic mass is 9.77. The first-order valence-corrected chi connectivity index (χ1v) is 34.3. The Hall–Kier alpha value is -11.5. The van der Waals surface area contributed by atoms with E-state index in [-0.39, 0.29) is 51.6 Å². The first-order chi connectivity index (χ1) is 48.2. The van der Waals surface area contributed by atoms with Gasteiger partial charge in [-0.3, -0.25) is 28.9 Å². The summed E-state index contributed by atoms with van der Waals surface area (Å²) in [5, 5.41) is 15.7. The van der Waals surface area contributed by atoms with E-state index in [2.05, 4.69) is 31.0 Å². The number of nitrogens with one attached hydrogen (secondary N) is 3. The van der Waals surface area contributed by atoms with E-state index in [1.165, 1.54) is 69.4 Å². The number of amides is 3. The predicted octanol–water partition coefficient (Wildman–Crippen LogP) is 12.3. The number of thiazole rings is 1. The van der Waals surface area contributed by atoms with Crippen molar-refractivity contribution in [1.82, 2.24) is 40.1 Å². The summed E-state index contributed by atoms with van der Waals surface area (Å²) in [6.07, 6.45) is -1.68. The third kappa shape index (κ3) is 14.3. The monoisotopic (exact) mass is 1370 g/mol. The van der Waals surface area contributed by atoms with Gasteiger partial charge in [-0.15, -0.1) is 40.0 Å². The number of carbonyl (C=O) groups excluding carboxylic acids is 7. The third-order valence-corrected chi connectivity index (χ3v) is 19.6. The topological polar surface area (TPSA) is 252 Å². The average Bonchev–Trinajstić information content (AvgIpc) is 0.984. The van der Waals surface area contributed by atoms with E-state index >= 15 is 14.4 Å². The second-order valence-electron chi connectivity index (χ2n) is 23.0. The second kappa shape index (κ2) is 29.4. The van der Waals surface area contributed by atoms with E-state index in [9.17, 15) is 19.2 Å². The van der Waals surface area contributed by atoms with E-state index in [1.807, 2.05) is 212 Å². The number of benzene rings is 8. The normalized spacial score (nSPS) is 14.6. The van der Waals surface area contributed by atoms with Crippen LogP contribution in [0.3, 0.4) is 0 Å². The van der Waals surface area contributed by atoms with E-state index in [0.717, 1.165) is 34.7 Å². The van der Waals surface area contributed by atoms with Crippen molar-refractivity contribution in [2.75, 3.05) is 16.8 Å². The van der Waals surface area contributed by atoms with Crippen LogP contribution in [-0.2, 0) is 39.0 Å². The van der Waals surface area contributed by atoms with E-state index in [0.29, 0.717) is 32.6 Å². The molecule has 1 saturated heterocycles. The van der Waals surface area contributed by atoms with Crippen LogP contribution < -0.4 is 25.4 Å². The van der Waals surface area contributed by atoms with Crippen LogP contribution in [0.1, 0.15) is 103 Å². The molecule has 494 valence electrons. The fraction of sp³-hybridized carbons (Fsp3) is 0.145. The zero-order valence-corrected chi connectivity index (χ0v) is 55.7. The molecule has 0 aliphatic carbocycles. The Morgan fingerprint density at radius 3 is 1.62 bits per heavy atom. The maximum Gasteiger partial charge on any atom is 0.379 e. The summed E-state index contributed by atoms with van der Waals surface area (Å²) in [4.78, 5) is 115. The van der Waals surface area contributed by atoms with Crippen LogP contribution in [0.25, 0.3) is 5.78 Å². The molecular weight excluding hydrogens is 1310 g/mol. The van der Waals surface area contributed by atoms with Gasteiger partial charge in [-0.25, -0.2) is 19.6 Å². The number of aryl methyl sites for hydroxylation is 1. The zero-order valence-electron chi connectivity index (χ0n) is 53.3. The van der Waals surface area contributed by atoms with Gasteiger partial charge < -0.3 is 34.9 Å². The summed E-state index contributed by atoms with van der Waals surface area (Å²) in [5.41, 5.74) is 5.46. The van der Waals surface area contributed by atoms with Gasteiger partial charge in [0, 0.05) is 42.0 Å². The number of β-lactam (4-membered cyclic amide) rings is 1. The third-order valence-electron chi connectivity index (χ3n) is 16.4. The number of hydrogen-bond donors (Lipinski definition) is 3. The van der Waals surface area contributed by atoms with Crippen LogP contribution in [0, 0.1) is 6.92 Å². The number of thioether (sulfide) groups is 2. The fourth-order valence-electron chi connectivity index (χ4n) is 11.8. The molecule has 3 unspecified atom stereocenters. The molecule has 0 bridgehead atoms. The number of fused-ring (bicyclic) bond motifs is 2. The number of rotatable bonds is 23. The lowest BCUT2D eigenvalue weighted by molar-refractivity contribution is -0.154. The van der Waals surface area contributed by atoms with E-state index in [1.54, 1.807) is 18.4 Å². The molecule has 11 aromatic rings. The van der Waals surface area contributed by atoms with E-state index < -0.39 is 76.8 Å². The summed E-state index contributed by atoms with van der Waals surface area (Å²) in [6, 6.07) is 69.4. The predicted molar refractivity (Wildman–Crippen MR) is 373 cm³/mol. The number of ether oxygens (including phenoxy) is 4. The Bertz CT molecular complexity index is 4670. The minimum Gasteiger partial charge on any atom is -0.448 e. The molecule has 8 aromatic carbocycles. The fourth-order valence-corrected chi connectivity index (χ4v) is 15.2. The van der Waals surface area contributed by atoms with Crippen molar-refractivity contribution in [2.24, 2.45) is 0 Å². The number of aromatic nitrogens is 5. The maximum atomic E-state index is 15.4. The van der Waals surface area contributed by atoms with Crippen LogP contribution >= 0.6 is 34.9 Å². The quantitative estimate of drug-likeness (QED) is 0.0134. The van der Waals surface area contributed by atoms with Crippen molar-refractivity contribution >= 4 is 87.4 Å². The van der Waals surface area contributed by atoms with Crippen LogP contribution in [0.2, 0.25) is 0 Å². The molecule has 2 aliphatic heterocycles. The zero-order chi connectivity index (χ0) is 68.6. The number of nitrogens with zero attached hydrogens (tertiary/aromatic N) is 6. The minimum atomic E-state index is -1.59. The van der Waals surface area contributed by atoms with Gasteiger partial charge in [-0.05, 0) is 75.7 Å². The van der Waals surface area contributed by atoms with Gasteiger partial charge >= 0.3 is 23.9 Å². The summed E-state index contributed by atoms with van der Waals surface area (Å²) >= 11 is 3.77. The van der Waals surface area contributed by atoms with Crippen LogP contribution in [-0.4, -0.2) is 94.0 Å². The Kier molecular flexibility index (Phi) is 19.7. The first-order valence-electron chi connectivity index (χ1n) is 31.4. The highest BCUT2D eigenvalue weighted by Gasteiger charge is 2.55. The standard InChI is InChI=1S/C76H61N9O11S3/c1-46-41-61(85-74(77-46)81-67(83-85)73(92)96-66(51-29-15-6-16-30-51)52-31-17-7-18-32-52)97-43-54-44-98-71-63(70(90)84(71)64(54)72(91)95-65(49-25-11-4-12-26-49)50-27-13-5-14-28-50)80-69(89)62(79-68(88)53-39-40-59(93-47(2)86)60(42-53)94-48(3)87)58-45-99-75(78-58)82-76(55-33-19-8-20-34-55,56-35-21-9-22-36-56)57-37-23-10-24-38-57/h4-42,45,62-63,65-66,71H,43-44H2,1-3H3,(H,78,82)(H,79,88)(H,80,89). The van der Waals surface area contributed by atoms with Crippen LogP contribution in [0.15, 0.2) is 258 Å². The smallest absolute Gasteiger partial charge is 0.379 e. The molecule has 3 atom stereocenters. The molecule has 99 heavy (non-hydrogen) atoms. The highest BCUT2D eigenvalue weighted by molar-refractivity contribution is 8.01. The minimum absolute atomic E-state index is 0.0315. The van der Waals surface area contributed by atoms with Crippen molar-refractivity contribution in [1.29, 1.82) is 0 Å². The molecule has 13 rings (SSSR count). The molecule has 0 spiro atoms. The van der Waals surface area contributed by atoms with Crippen LogP contribution in [0.4, 0.5) is 5.13 Å². The van der Waals surface area contributed by atoms with Crippen LogP contribution in [0.5, 0.6) is 11.5 Å². The lowest BCUT2D eigenvalue weighted by Crippen LogP contribution is -2.71. The molecule has 3 amide bonds. The molecule has 2 aliphatic rings. The molecule has 5 heterocycles. The second-order valence-corrected chi connectivity index (χ2v) is 26.0. The largest absolute Gasteiger partial charge is 0.448 e. The van der Waals surface area contributed by atoms with Crippen molar-refractivity contribution < 1.29 is 52.5 Å². The van der Waals surface area contributed by atoms with Gasteiger partial charge in [0.1, 0.15) is 27.7 Å². The molecule has 0 radical (unpaired) electrons.